The van der Waals surface area contributed by atoms with Crippen LogP contribution < -0.4 is 5.32 Å². The number of benzene rings is 2. The summed E-state index contributed by atoms with van der Waals surface area (Å²) in [4.78, 5) is 16.5. The Balaban J connectivity index is 1.39. The summed E-state index contributed by atoms with van der Waals surface area (Å²) in [5, 5.41) is 2.95. The first-order valence-corrected chi connectivity index (χ1v) is 11.3. The highest BCUT2D eigenvalue weighted by molar-refractivity contribution is 5.87. The molecule has 1 N–H and O–H groups in total. The number of rotatable bonds is 9. The zero-order valence-electron chi connectivity index (χ0n) is 18.7. The van der Waals surface area contributed by atoms with Crippen molar-refractivity contribution in [2.75, 3.05) is 6.54 Å². The normalized spacial score (nSPS) is 18.9. The number of halogens is 2. The molecular formula is C28H28F2N2O. The SMILES string of the molecule is C[C@@]1(C=CC(=O)NCCCCc2cccnc2)CC1(c1ccc(F)cc1)c1ccc(F)cc1. The Kier molecular flexibility index (Phi) is 6.68. The van der Waals surface area contributed by atoms with Crippen LogP contribution in [-0.2, 0) is 16.6 Å². The molecule has 1 amide bonds. The molecule has 1 aromatic heterocycles. The van der Waals surface area contributed by atoms with Gasteiger partial charge in [-0.15, -0.1) is 0 Å². The average molecular weight is 447 g/mol. The molecule has 5 heteroatoms. The molecule has 0 radical (unpaired) electrons. The fourth-order valence-corrected chi connectivity index (χ4v) is 4.74. The van der Waals surface area contributed by atoms with Gasteiger partial charge in [0.1, 0.15) is 11.6 Å². The van der Waals surface area contributed by atoms with E-state index >= 15 is 0 Å². The summed E-state index contributed by atoms with van der Waals surface area (Å²) in [6.45, 7) is 2.69. The minimum atomic E-state index is -0.422. The minimum absolute atomic E-state index is 0.128. The van der Waals surface area contributed by atoms with Crippen molar-refractivity contribution in [3.05, 3.63) is 114 Å². The monoisotopic (exact) mass is 446 g/mol. The third-order valence-electron chi connectivity index (χ3n) is 6.67. The lowest BCUT2D eigenvalue weighted by molar-refractivity contribution is -0.116. The van der Waals surface area contributed by atoms with Crippen LogP contribution in [0.2, 0.25) is 0 Å². The van der Waals surface area contributed by atoms with Crippen LogP contribution in [0.5, 0.6) is 0 Å². The van der Waals surface area contributed by atoms with Crippen molar-refractivity contribution in [3.8, 4) is 0 Å². The number of nitrogens with zero attached hydrogens (tertiary/aromatic N) is 1. The highest BCUT2D eigenvalue weighted by Crippen LogP contribution is 2.68. The number of amides is 1. The molecule has 0 unspecified atom stereocenters. The highest BCUT2D eigenvalue weighted by Gasteiger charge is 2.64. The van der Waals surface area contributed by atoms with Gasteiger partial charge in [-0.1, -0.05) is 43.3 Å². The van der Waals surface area contributed by atoms with Crippen LogP contribution in [0.15, 0.2) is 85.2 Å². The second kappa shape index (κ2) is 9.65. The van der Waals surface area contributed by atoms with Crippen LogP contribution in [0.4, 0.5) is 8.78 Å². The smallest absolute Gasteiger partial charge is 0.243 e. The quantitative estimate of drug-likeness (QED) is 0.336. The topological polar surface area (TPSA) is 42.0 Å². The van der Waals surface area contributed by atoms with Crippen LogP contribution in [0.1, 0.15) is 42.9 Å². The third-order valence-corrected chi connectivity index (χ3v) is 6.67. The Morgan fingerprint density at radius 2 is 1.64 bits per heavy atom. The van der Waals surface area contributed by atoms with E-state index < -0.39 is 5.41 Å². The molecule has 1 fully saturated rings. The summed E-state index contributed by atoms with van der Waals surface area (Å²) in [7, 11) is 0. The minimum Gasteiger partial charge on any atom is -0.353 e. The maximum atomic E-state index is 13.5. The van der Waals surface area contributed by atoms with Crippen molar-refractivity contribution >= 4 is 5.91 Å². The van der Waals surface area contributed by atoms with Gasteiger partial charge in [-0.25, -0.2) is 8.78 Å². The number of hydrogen-bond acceptors (Lipinski definition) is 2. The molecule has 2 aromatic carbocycles. The number of pyridine rings is 1. The van der Waals surface area contributed by atoms with Gasteiger partial charge < -0.3 is 5.32 Å². The molecule has 0 bridgehead atoms. The molecule has 0 saturated heterocycles. The molecule has 1 saturated carbocycles. The second-order valence-electron chi connectivity index (χ2n) is 8.96. The van der Waals surface area contributed by atoms with Crippen LogP contribution in [-0.4, -0.2) is 17.4 Å². The maximum Gasteiger partial charge on any atom is 0.243 e. The number of allylic oxidation sites excluding steroid dienone is 1. The van der Waals surface area contributed by atoms with Crippen molar-refractivity contribution in [1.29, 1.82) is 0 Å². The number of aromatic nitrogens is 1. The van der Waals surface area contributed by atoms with Crippen LogP contribution in [0, 0.1) is 17.0 Å². The number of nitrogens with one attached hydrogen (secondary N) is 1. The predicted molar refractivity (Wildman–Crippen MR) is 126 cm³/mol. The lowest BCUT2D eigenvalue weighted by atomic mass is 9.80. The van der Waals surface area contributed by atoms with Crippen LogP contribution in [0.25, 0.3) is 0 Å². The summed E-state index contributed by atoms with van der Waals surface area (Å²) in [5.41, 5.74) is 2.36. The molecule has 1 aliphatic rings. The molecule has 3 nitrogen and oxygen atoms in total. The standard InChI is InChI=1S/C28H28F2N2O/c1-27(16-15-26(33)32-18-3-2-5-21-6-4-17-31-19-21)20-28(27,22-7-11-24(29)12-8-22)23-9-13-25(30)14-10-23/h4,6-17,19H,2-3,5,18,20H2,1H3,(H,32,33)/t27-/m1/s1. The van der Waals surface area contributed by atoms with E-state index in [1.807, 2.05) is 18.3 Å². The van der Waals surface area contributed by atoms with Gasteiger partial charge >= 0.3 is 0 Å². The maximum absolute atomic E-state index is 13.5. The summed E-state index contributed by atoms with van der Waals surface area (Å²) in [6.07, 6.45) is 10.7. The summed E-state index contributed by atoms with van der Waals surface area (Å²) < 4.78 is 27.1. The molecule has 0 spiro atoms. The predicted octanol–water partition coefficient (Wildman–Crippen LogP) is 5.75. The Morgan fingerprint density at radius 3 is 2.21 bits per heavy atom. The zero-order valence-corrected chi connectivity index (χ0v) is 18.7. The number of carbonyl (C=O) groups is 1. The Labute approximate surface area is 193 Å². The van der Waals surface area contributed by atoms with E-state index in [1.165, 1.54) is 29.8 Å². The van der Waals surface area contributed by atoms with E-state index in [2.05, 4.69) is 23.3 Å². The molecule has 0 aliphatic heterocycles. The van der Waals surface area contributed by atoms with E-state index in [4.69, 9.17) is 0 Å². The Hall–Kier alpha value is -3.34. The lowest BCUT2D eigenvalue weighted by Gasteiger charge is -2.23. The van der Waals surface area contributed by atoms with Crippen LogP contribution in [0.3, 0.4) is 0 Å². The molecule has 1 atom stereocenters. The van der Waals surface area contributed by atoms with Crippen molar-refractivity contribution in [2.24, 2.45) is 5.41 Å². The van der Waals surface area contributed by atoms with E-state index in [1.54, 1.807) is 36.5 Å². The zero-order chi connectivity index (χ0) is 23.3. The number of hydrogen-bond donors (Lipinski definition) is 1. The Morgan fingerprint density at radius 1 is 1.00 bits per heavy atom. The molecule has 3 aromatic rings. The molecule has 170 valence electrons. The van der Waals surface area contributed by atoms with Crippen molar-refractivity contribution in [2.45, 2.75) is 38.0 Å². The van der Waals surface area contributed by atoms with E-state index in [9.17, 15) is 13.6 Å². The van der Waals surface area contributed by atoms with E-state index in [0.29, 0.717) is 6.54 Å². The second-order valence-corrected chi connectivity index (χ2v) is 8.96. The summed E-state index contributed by atoms with van der Waals surface area (Å²) in [5.74, 6) is -0.723. The first-order chi connectivity index (χ1) is 15.9. The first kappa shape index (κ1) is 22.8. The number of aryl methyl sites for hydroxylation is 1. The van der Waals surface area contributed by atoms with Gasteiger partial charge in [-0.05, 0) is 78.8 Å². The molecule has 1 aliphatic carbocycles. The molecule has 4 rings (SSSR count). The van der Waals surface area contributed by atoms with Gasteiger partial charge in [0.25, 0.3) is 0 Å². The first-order valence-electron chi connectivity index (χ1n) is 11.3. The van der Waals surface area contributed by atoms with Gasteiger partial charge in [-0.3, -0.25) is 9.78 Å². The fraction of sp³-hybridized carbons (Fsp3) is 0.286. The van der Waals surface area contributed by atoms with Gasteiger partial charge in [-0.2, -0.15) is 0 Å². The summed E-state index contributed by atoms with van der Waals surface area (Å²) >= 11 is 0. The molecule has 1 heterocycles. The third kappa shape index (κ3) is 5.03. The fourth-order valence-electron chi connectivity index (χ4n) is 4.74. The van der Waals surface area contributed by atoms with Crippen LogP contribution >= 0.6 is 0 Å². The van der Waals surface area contributed by atoms with E-state index in [0.717, 1.165) is 36.8 Å². The number of carbonyl (C=O) groups excluding carboxylic acids is 1. The van der Waals surface area contributed by atoms with Gasteiger partial charge in [0.05, 0.1) is 0 Å². The lowest BCUT2D eigenvalue weighted by Crippen LogP contribution is -2.23. The van der Waals surface area contributed by atoms with Crippen molar-refractivity contribution < 1.29 is 13.6 Å². The van der Waals surface area contributed by atoms with E-state index in [-0.39, 0.29) is 23.0 Å². The van der Waals surface area contributed by atoms with Gasteiger partial charge in [0, 0.05) is 29.8 Å². The van der Waals surface area contributed by atoms with Crippen molar-refractivity contribution in [3.63, 3.8) is 0 Å². The van der Waals surface area contributed by atoms with Gasteiger partial charge in [0.2, 0.25) is 5.91 Å². The van der Waals surface area contributed by atoms with Gasteiger partial charge in [0.15, 0.2) is 0 Å². The molecular weight excluding hydrogens is 418 g/mol. The highest BCUT2D eigenvalue weighted by atomic mass is 19.1. The number of unbranched alkanes of at least 4 members (excludes halogenated alkanes) is 1. The van der Waals surface area contributed by atoms with Crippen molar-refractivity contribution in [1.82, 2.24) is 10.3 Å². The average Bonchev–Trinajstić information content (AvgIpc) is 3.45. The Bertz CT molecular complexity index is 1070. The molecule has 33 heavy (non-hydrogen) atoms. The largest absolute Gasteiger partial charge is 0.353 e. The summed E-state index contributed by atoms with van der Waals surface area (Å²) in [6, 6.07) is 16.9.